The Kier molecular flexibility index (Phi) is 3.39. The number of anilines is 1. The number of nitrogens with zero attached hydrogens (tertiary/aromatic N) is 3. The van der Waals surface area contributed by atoms with E-state index in [2.05, 4.69) is 16.0 Å². The fourth-order valence-corrected chi connectivity index (χ4v) is 1.50. The molecule has 5 nitrogen and oxygen atoms in total. The summed E-state index contributed by atoms with van der Waals surface area (Å²) in [4.78, 5) is 8.09. The first-order chi connectivity index (χ1) is 8.67. The van der Waals surface area contributed by atoms with Gasteiger partial charge in [-0.05, 0) is 24.6 Å². The third kappa shape index (κ3) is 2.95. The summed E-state index contributed by atoms with van der Waals surface area (Å²) in [6.07, 6.45) is 0.389. The van der Waals surface area contributed by atoms with Gasteiger partial charge in [0.25, 0.3) is 0 Å². The minimum atomic E-state index is 0.374. The van der Waals surface area contributed by atoms with Crippen LogP contribution in [0.1, 0.15) is 11.4 Å². The van der Waals surface area contributed by atoms with Crippen molar-refractivity contribution in [3.05, 3.63) is 41.7 Å². The van der Waals surface area contributed by atoms with Crippen molar-refractivity contribution >= 4 is 5.82 Å². The van der Waals surface area contributed by atoms with Crippen molar-refractivity contribution in [3.8, 4) is 17.7 Å². The van der Waals surface area contributed by atoms with Gasteiger partial charge in [-0.2, -0.15) is 10.2 Å². The van der Waals surface area contributed by atoms with Crippen molar-refractivity contribution in [3.63, 3.8) is 0 Å². The average molecular weight is 240 g/mol. The normalized spacial score (nSPS) is 9.78. The molecule has 5 heteroatoms. The topological polar surface area (TPSA) is 84.8 Å². The van der Waals surface area contributed by atoms with Crippen molar-refractivity contribution < 1.29 is 4.74 Å². The summed E-state index contributed by atoms with van der Waals surface area (Å²) in [6, 6.07) is 10.9. The van der Waals surface area contributed by atoms with E-state index in [1.807, 2.05) is 12.1 Å². The lowest BCUT2D eigenvalue weighted by atomic mass is 10.2. The van der Waals surface area contributed by atoms with Crippen LogP contribution in [0.5, 0.6) is 11.6 Å². The molecule has 0 aliphatic rings. The molecule has 2 aromatic rings. The molecule has 0 atom stereocenters. The number of hydrogen-bond donors (Lipinski definition) is 1. The maximum Gasteiger partial charge on any atom is 0.224 e. The summed E-state index contributed by atoms with van der Waals surface area (Å²) in [5, 5.41) is 8.57. The van der Waals surface area contributed by atoms with Crippen molar-refractivity contribution in [2.45, 2.75) is 13.3 Å². The molecule has 18 heavy (non-hydrogen) atoms. The molecule has 2 N–H and O–H groups in total. The Bertz CT molecular complexity index is 567. The third-order valence-corrected chi connectivity index (χ3v) is 2.26. The van der Waals surface area contributed by atoms with Crippen molar-refractivity contribution in [2.75, 3.05) is 5.73 Å². The van der Waals surface area contributed by atoms with Gasteiger partial charge >= 0.3 is 0 Å². The Morgan fingerprint density at radius 1 is 1.28 bits per heavy atom. The Morgan fingerprint density at radius 2 is 2.00 bits per heavy atom. The first-order valence-electron chi connectivity index (χ1n) is 5.42. The number of nitrogen functional groups attached to an aromatic ring is 1. The lowest BCUT2D eigenvalue weighted by molar-refractivity contribution is 0.460. The molecule has 0 fully saturated rings. The molecule has 0 unspecified atom stereocenters. The molecular weight excluding hydrogens is 228 g/mol. The number of hydrogen-bond acceptors (Lipinski definition) is 5. The predicted octanol–water partition coefficient (Wildman–Crippen LogP) is 2.23. The third-order valence-electron chi connectivity index (χ3n) is 2.26. The van der Waals surface area contributed by atoms with E-state index in [1.54, 1.807) is 25.1 Å². The second-order valence-electron chi connectivity index (χ2n) is 3.76. The van der Waals surface area contributed by atoms with E-state index >= 15 is 0 Å². The van der Waals surface area contributed by atoms with Gasteiger partial charge in [-0.1, -0.05) is 12.1 Å². The molecule has 1 aromatic heterocycles. The van der Waals surface area contributed by atoms with Crippen LogP contribution in [0.3, 0.4) is 0 Å². The molecule has 0 saturated heterocycles. The van der Waals surface area contributed by atoms with Crippen LogP contribution in [-0.2, 0) is 6.42 Å². The summed E-state index contributed by atoms with van der Waals surface area (Å²) in [6.45, 7) is 1.75. The van der Waals surface area contributed by atoms with Gasteiger partial charge in [0.15, 0.2) is 0 Å². The van der Waals surface area contributed by atoms with Crippen molar-refractivity contribution in [2.24, 2.45) is 0 Å². The molecule has 1 aromatic carbocycles. The summed E-state index contributed by atoms with van der Waals surface area (Å²) in [5.41, 5.74) is 6.56. The Hall–Kier alpha value is -2.61. The molecule has 0 aliphatic carbocycles. The molecule has 0 bridgehead atoms. The fourth-order valence-electron chi connectivity index (χ4n) is 1.50. The lowest BCUT2D eigenvalue weighted by Gasteiger charge is -2.06. The van der Waals surface area contributed by atoms with Crippen LogP contribution in [0.25, 0.3) is 0 Å². The second kappa shape index (κ2) is 5.15. The highest BCUT2D eigenvalue weighted by molar-refractivity contribution is 5.36. The first-order valence-corrected chi connectivity index (χ1v) is 5.42. The summed E-state index contributed by atoms with van der Waals surface area (Å²) < 4.78 is 5.56. The Balaban J connectivity index is 2.16. The Labute approximate surface area is 105 Å². The monoisotopic (exact) mass is 240 g/mol. The van der Waals surface area contributed by atoms with Crippen LogP contribution in [0.15, 0.2) is 30.3 Å². The van der Waals surface area contributed by atoms with Gasteiger partial charge in [-0.15, -0.1) is 0 Å². The highest BCUT2D eigenvalue weighted by atomic mass is 16.5. The zero-order chi connectivity index (χ0) is 13.0. The summed E-state index contributed by atoms with van der Waals surface area (Å²) in [5.74, 6) is 1.99. The molecule has 90 valence electrons. The quantitative estimate of drug-likeness (QED) is 0.889. The van der Waals surface area contributed by atoms with E-state index in [1.165, 1.54) is 0 Å². The van der Waals surface area contributed by atoms with Crippen molar-refractivity contribution in [1.29, 1.82) is 5.26 Å². The predicted molar refractivity (Wildman–Crippen MR) is 67.0 cm³/mol. The summed E-state index contributed by atoms with van der Waals surface area (Å²) >= 11 is 0. The maximum atomic E-state index is 8.57. The van der Waals surface area contributed by atoms with Crippen LogP contribution < -0.4 is 10.5 Å². The molecule has 0 amide bonds. The standard InChI is InChI=1S/C13H12N4O/c1-9-16-12(15)8-13(17-9)18-11-4-2-10(3-5-11)6-7-14/h2-5,8H,6H2,1H3,(H2,15,16,17). The number of ether oxygens (including phenoxy) is 1. The molecule has 0 saturated carbocycles. The molecular formula is C13H12N4O. The summed E-state index contributed by atoms with van der Waals surface area (Å²) in [7, 11) is 0. The highest BCUT2D eigenvalue weighted by Gasteiger charge is 2.02. The number of nitrogens with two attached hydrogens (primary N) is 1. The van der Waals surface area contributed by atoms with Gasteiger partial charge in [-0.25, -0.2) is 4.98 Å². The largest absolute Gasteiger partial charge is 0.439 e. The van der Waals surface area contributed by atoms with E-state index in [4.69, 9.17) is 15.7 Å². The number of aryl methyl sites for hydroxylation is 1. The number of benzene rings is 1. The van der Waals surface area contributed by atoms with Gasteiger partial charge in [-0.3, -0.25) is 0 Å². The van der Waals surface area contributed by atoms with E-state index in [9.17, 15) is 0 Å². The zero-order valence-electron chi connectivity index (χ0n) is 9.92. The van der Waals surface area contributed by atoms with Crippen LogP contribution >= 0.6 is 0 Å². The van der Waals surface area contributed by atoms with Gasteiger partial charge < -0.3 is 10.5 Å². The smallest absolute Gasteiger partial charge is 0.224 e. The average Bonchev–Trinajstić information content (AvgIpc) is 2.31. The minimum Gasteiger partial charge on any atom is -0.439 e. The van der Waals surface area contributed by atoms with E-state index in [0.717, 1.165) is 5.56 Å². The first kappa shape index (κ1) is 11.9. The van der Waals surface area contributed by atoms with E-state index in [0.29, 0.717) is 29.7 Å². The minimum absolute atomic E-state index is 0.374. The molecule has 2 rings (SSSR count). The number of nitriles is 1. The van der Waals surface area contributed by atoms with Crippen molar-refractivity contribution in [1.82, 2.24) is 9.97 Å². The zero-order valence-corrected chi connectivity index (χ0v) is 9.92. The number of rotatable bonds is 3. The van der Waals surface area contributed by atoms with Gasteiger partial charge in [0.05, 0.1) is 12.5 Å². The molecule has 1 heterocycles. The lowest BCUT2D eigenvalue weighted by Crippen LogP contribution is -1.97. The van der Waals surface area contributed by atoms with Gasteiger partial charge in [0, 0.05) is 6.07 Å². The second-order valence-corrected chi connectivity index (χ2v) is 3.76. The fraction of sp³-hybridized carbons (Fsp3) is 0.154. The van der Waals surface area contributed by atoms with Crippen LogP contribution in [-0.4, -0.2) is 9.97 Å². The molecule has 0 spiro atoms. The SMILES string of the molecule is Cc1nc(N)cc(Oc2ccc(CC#N)cc2)n1. The maximum absolute atomic E-state index is 8.57. The van der Waals surface area contributed by atoms with Crippen LogP contribution in [0, 0.1) is 18.3 Å². The van der Waals surface area contributed by atoms with Gasteiger partial charge in [0.2, 0.25) is 5.88 Å². The van der Waals surface area contributed by atoms with E-state index in [-0.39, 0.29) is 0 Å². The molecule has 0 radical (unpaired) electrons. The Morgan fingerprint density at radius 3 is 2.61 bits per heavy atom. The highest BCUT2D eigenvalue weighted by Crippen LogP contribution is 2.21. The van der Waals surface area contributed by atoms with E-state index < -0.39 is 0 Å². The van der Waals surface area contributed by atoms with Crippen LogP contribution in [0.4, 0.5) is 5.82 Å². The number of aromatic nitrogens is 2. The van der Waals surface area contributed by atoms with Crippen LogP contribution in [0.2, 0.25) is 0 Å². The molecule has 0 aliphatic heterocycles. The van der Waals surface area contributed by atoms with Gasteiger partial charge in [0.1, 0.15) is 17.4 Å².